The van der Waals surface area contributed by atoms with Crippen LogP contribution in [0.15, 0.2) is 29.2 Å². The fraction of sp³-hybridized carbons (Fsp3) is 0.231. The molecule has 94 valence electrons. The third kappa shape index (κ3) is 2.98. The lowest BCUT2D eigenvalue weighted by atomic mass is 10.2. The maximum absolute atomic E-state index is 13.0. The van der Waals surface area contributed by atoms with Crippen molar-refractivity contribution in [3.05, 3.63) is 47.2 Å². The summed E-state index contributed by atoms with van der Waals surface area (Å²) in [6, 6.07) is 6.47. The fourth-order valence-electron chi connectivity index (χ4n) is 1.48. The number of aromatic nitrogens is 2. The molecule has 0 radical (unpaired) electrons. The molecule has 0 bridgehead atoms. The van der Waals surface area contributed by atoms with Crippen LogP contribution in [0.2, 0.25) is 0 Å². The molecule has 3 nitrogen and oxygen atoms in total. The number of thioether (sulfide) groups is 1. The van der Waals surface area contributed by atoms with Crippen LogP contribution >= 0.6 is 11.8 Å². The van der Waals surface area contributed by atoms with Crippen LogP contribution in [0.4, 0.5) is 10.2 Å². The third-order valence-electron chi connectivity index (χ3n) is 2.64. The zero-order valence-electron chi connectivity index (χ0n) is 10.3. The normalized spacial score (nSPS) is 10.6. The Morgan fingerprint density at radius 1 is 1.28 bits per heavy atom. The summed E-state index contributed by atoms with van der Waals surface area (Å²) in [6.07, 6.45) is 0. The van der Waals surface area contributed by atoms with Gasteiger partial charge in [0.2, 0.25) is 0 Å². The minimum atomic E-state index is -0.236. The van der Waals surface area contributed by atoms with Crippen LogP contribution in [0.3, 0.4) is 0 Å². The van der Waals surface area contributed by atoms with Gasteiger partial charge in [0.25, 0.3) is 0 Å². The van der Waals surface area contributed by atoms with Crippen LogP contribution in [0.5, 0.6) is 0 Å². The molecule has 2 aromatic rings. The first-order valence-corrected chi connectivity index (χ1v) is 6.53. The number of anilines is 1. The molecule has 0 amide bonds. The van der Waals surface area contributed by atoms with Crippen molar-refractivity contribution >= 4 is 17.6 Å². The van der Waals surface area contributed by atoms with Crippen LogP contribution in [-0.2, 0) is 5.75 Å². The second kappa shape index (κ2) is 5.35. The molecule has 0 aliphatic carbocycles. The second-order valence-electron chi connectivity index (χ2n) is 3.98. The Kier molecular flexibility index (Phi) is 3.81. The monoisotopic (exact) mass is 263 g/mol. The maximum Gasteiger partial charge on any atom is 0.141 e. The fourth-order valence-corrected chi connectivity index (χ4v) is 2.28. The second-order valence-corrected chi connectivity index (χ2v) is 5.03. The van der Waals surface area contributed by atoms with E-state index in [1.165, 1.54) is 23.9 Å². The summed E-state index contributed by atoms with van der Waals surface area (Å²) in [4.78, 5) is 9.45. The van der Waals surface area contributed by atoms with Gasteiger partial charge in [0.15, 0.2) is 0 Å². The highest BCUT2D eigenvalue weighted by molar-refractivity contribution is 7.98. The molecule has 0 saturated heterocycles. The van der Waals surface area contributed by atoms with Gasteiger partial charge in [0, 0.05) is 16.2 Å². The number of nitrogens with zero attached hydrogens (tertiary/aromatic N) is 2. The van der Waals surface area contributed by atoms with E-state index in [-0.39, 0.29) is 5.82 Å². The summed E-state index contributed by atoms with van der Waals surface area (Å²) in [7, 11) is 0. The molecule has 1 aromatic heterocycles. The molecule has 18 heavy (non-hydrogen) atoms. The van der Waals surface area contributed by atoms with E-state index in [2.05, 4.69) is 9.97 Å². The summed E-state index contributed by atoms with van der Waals surface area (Å²) in [6.45, 7) is 3.80. The molecule has 0 aliphatic heterocycles. The standard InChI is InChI=1S/C13H14FN3S/c1-8-9(2)16-12(17-13(8)15)7-18-11-5-3-4-10(14)6-11/h3-6H,7H2,1-2H3,(H2,15,16,17). The van der Waals surface area contributed by atoms with Crippen molar-refractivity contribution in [3.63, 3.8) is 0 Å². The SMILES string of the molecule is Cc1nc(CSc2cccc(F)c2)nc(N)c1C. The molecular formula is C13H14FN3S. The summed E-state index contributed by atoms with van der Waals surface area (Å²) in [5.41, 5.74) is 7.59. The van der Waals surface area contributed by atoms with Crippen molar-refractivity contribution < 1.29 is 4.39 Å². The van der Waals surface area contributed by atoms with Gasteiger partial charge >= 0.3 is 0 Å². The van der Waals surface area contributed by atoms with Crippen molar-refractivity contribution in [2.75, 3.05) is 5.73 Å². The van der Waals surface area contributed by atoms with Crippen molar-refractivity contribution in [1.29, 1.82) is 0 Å². The van der Waals surface area contributed by atoms with Crippen LogP contribution in [-0.4, -0.2) is 9.97 Å². The predicted octanol–water partition coefficient (Wildman–Crippen LogP) is 3.11. The number of rotatable bonds is 3. The first-order valence-electron chi connectivity index (χ1n) is 5.54. The van der Waals surface area contributed by atoms with Crippen LogP contribution < -0.4 is 5.73 Å². The van der Waals surface area contributed by atoms with Crippen molar-refractivity contribution in [1.82, 2.24) is 9.97 Å². The number of hydrogen-bond acceptors (Lipinski definition) is 4. The Balaban J connectivity index is 2.11. The molecular weight excluding hydrogens is 249 g/mol. The lowest BCUT2D eigenvalue weighted by Gasteiger charge is -2.06. The van der Waals surface area contributed by atoms with E-state index in [9.17, 15) is 4.39 Å². The molecule has 2 N–H and O–H groups in total. The van der Waals surface area contributed by atoms with Crippen molar-refractivity contribution in [2.45, 2.75) is 24.5 Å². The molecule has 0 fully saturated rings. The summed E-state index contributed by atoms with van der Waals surface area (Å²) in [5, 5.41) is 0. The lowest BCUT2D eigenvalue weighted by molar-refractivity contribution is 0.624. The van der Waals surface area contributed by atoms with Gasteiger partial charge in [-0.3, -0.25) is 0 Å². The highest BCUT2D eigenvalue weighted by atomic mass is 32.2. The predicted molar refractivity (Wildman–Crippen MR) is 71.9 cm³/mol. The number of halogens is 1. The Morgan fingerprint density at radius 2 is 2.06 bits per heavy atom. The Bertz CT molecular complexity index is 549. The van der Waals surface area contributed by atoms with E-state index in [0.717, 1.165) is 16.2 Å². The minimum Gasteiger partial charge on any atom is -0.383 e. The van der Waals surface area contributed by atoms with Crippen LogP contribution in [0.25, 0.3) is 0 Å². The molecule has 5 heteroatoms. The van der Waals surface area contributed by atoms with Crippen molar-refractivity contribution in [3.8, 4) is 0 Å². The van der Waals surface area contributed by atoms with E-state index in [1.807, 2.05) is 19.9 Å². The van der Waals surface area contributed by atoms with E-state index >= 15 is 0 Å². The number of nitrogen functional groups attached to an aromatic ring is 1. The van der Waals surface area contributed by atoms with Gasteiger partial charge in [-0.05, 0) is 32.0 Å². The first kappa shape index (κ1) is 12.8. The smallest absolute Gasteiger partial charge is 0.141 e. The molecule has 0 unspecified atom stereocenters. The quantitative estimate of drug-likeness (QED) is 0.864. The van der Waals surface area contributed by atoms with Gasteiger partial charge in [-0.15, -0.1) is 11.8 Å². The Labute approximate surface area is 110 Å². The summed E-state index contributed by atoms with van der Waals surface area (Å²) < 4.78 is 13.0. The van der Waals surface area contributed by atoms with E-state index in [4.69, 9.17) is 5.73 Å². The molecule has 2 rings (SSSR count). The zero-order valence-corrected chi connectivity index (χ0v) is 11.1. The van der Waals surface area contributed by atoms with Gasteiger partial charge < -0.3 is 5.73 Å². The number of nitrogens with two attached hydrogens (primary N) is 1. The number of aryl methyl sites for hydroxylation is 1. The summed E-state index contributed by atoms with van der Waals surface area (Å²) >= 11 is 1.49. The zero-order chi connectivity index (χ0) is 13.1. The molecule has 1 aromatic carbocycles. The third-order valence-corrected chi connectivity index (χ3v) is 3.63. The molecule has 0 aliphatic rings. The average molecular weight is 263 g/mol. The maximum atomic E-state index is 13.0. The highest BCUT2D eigenvalue weighted by Gasteiger charge is 2.06. The van der Waals surface area contributed by atoms with Gasteiger partial charge in [0.1, 0.15) is 17.5 Å². The average Bonchev–Trinajstić information content (AvgIpc) is 2.33. The lowest BCUT2D eigenvalue weighted by Crippen LogP contribution is -2.03. The Hall–Kier alpha value is -1.62. The largest absolute Gasteiger partial charge is 0.383 e. The molecule has 0 saturated carbocycles. The first-order chi connectivity index (χ1) is 8.56. The van der Waals surface area contributed by atoms with Crippen LogP contribution in [0.1, 0.15) is 17.1 Å². The topological polar surface area (TPSA) is 51.8 Å². The molecule has 0 spiro atoms. The van der Waals surface area contributed by atoms with E-state index in [1.54, 1.807) is 6.07 Å². The Morgan fingerprint density at radius 3 is 2.72 bits per heavy atom. The van der Waals surface area contributed by atoms with Crippen LogP contribution in [0, 0.1) is 19.7 Å². The minimum absolute atomic E-state index is 0.236. The van der Waals surface area contributed by atoms with Gasteiger partial charge in [-0.2, -0.15) is 0 Å². The van der Waals surface area contributed by atoms with E-state index in [0.29, 0.717) is 17.4 Å². The van der Waals surface area contributed by atoms with Gasteiger partial charge in [0.05, 0.1) is 5.75 Å². The van der Waals surface area contributed by atoms with E-state index < -0.39 is 0 Å². The highest BCUT2D eigenvalue weighted by Crippen LogP contribution is 2.23. The van der Waals surface area contributed by atoms with Gasteiger partial charge in [-0.25, -0.2) is 14.4 Å². The molecule has 0 atom stereocenters. The van der Waals surface area contributed by atoms with Gasteiger partial charge in [-0.1, -0.05) is 6.07 Å². The number of hydrogen-bond donors (Lipinski definition) is 1. The molecule has 1 heterocycles. The summed E-state index contributed by atoms with van der Waals surface area (Å²) in [5.74, 6) is 1.53. The number of benzene rings is 1. The van der Waals surface area contributed by atoms with Crippen molar-refractivity contribution in [2.24, 2.45) is 0 Å².